The number of hydrogen-bond acceptors (Lipinski definition) is 6. The Balaban J connectivity index is 1.82. The van der Waals surface area contributed by atoms with Gasteiger partial charge in [-0.05, 0) is 48.5 Å². The van der Waals surface area contributed by atoms with Crippen molar-refractivity contribution in [3.8, 4) is 5.75 Å². The second-order valence-corrected chi connectivity index (χ2v) is 5.35. The van der Waals surface area contributed by atoms with Crippen molar-refractivity contribution in [2.24, 2.45) is 11.5 Å². The van der Waals surface area contributed by atoms with E-state index in [0.29, 0.717) is 17.0 Å². The van der Waals surface area contributed by atoms with Crippen LogP contribution in [0.4, 0.5) is 5.69 Å². The fraction of sp³-hybridized carbons (Fsp3) is 0.111. The summed E-state index contributed by atoms with van der Waals surface area (Å²) in [6.45, 7) is -0.763. The highest BCUT2D eigenvalue weighted by atomic mass is 16.5. The zero-order valence-corrected chi connectivity index (χ0v) is 14.1. The molecule has 0 aliphatic heterocycles. The first-order valence-corrected chi connectivity index (χ1v) is 7.73. The molecule has 0 bridgehead atoms. The fourth-order valence-electron chi connectivity index (χ4n) is 1.97. The van der Waals surface area contributed by atoms with Gasteiger partial charge in [-0.25, -0.2) is 4.79 Å². The van der Waals surface area contributed by atoms with Gasteiger partial charge >= 0.3 is 5.97 Å². The highest BCUT2D eigenvalue weighted by Gasteiger charge is 2.11. The van der Waals surface area contributed by atoms with E-state index >= 15 is 0 Å². The summed E-state index contributed by atoms with van der Waals surface area (Å²) in [5.41, 5.74) is 11.0. The molecule has 0 spiro atoms. The van der Waals surface area contributed by atoms with Crippen LogP contribution in [-0.2, 0) is 14.3 Å². The number of benzene rings is 2. The minimum Gasteiger partial charge on any atom is -0.484 e. The van der Waals surface area contributed by atoms with E-state index in [-0.39, 0.29) is 12.2 Å². The number of hydrogen-bond donors (Lipinski definition) is 3. The van der Waals surface area contributed by atoms with Crippen LogP contribution in [0.5, 0.6) is 5.75 Å². The summed E-state index contributed by atoms with van der Waals surface area (Å²) in [6, 6.07) is 11.7. The second kappa shape index (κ2) is 8.99. The number of carbonyl (C=O) groups excluding carboxylic acids is 4. The summed E-state index contributed by atoms with van der Waals surface area (Å²) in [4.78, 5) is 45.4. The number of ether oxygens (including phenoxy) is 2. The quantitative estimate of drug-likeness (QED) is 0.573. The molecule has 9 heteroatoms. The largest absolute Gasteiger partial charge is 0.484 e. The lowest BCUT2D eigenvalue weighted by molar-refractivity contribution is -0.120. The Morgan fingerprint density at radius 3 is 1.96 bits per heavy atom. The molecular weight excluding hydrogens is 354 g/mol. The molecule has 0 aliphatic rings. The summed E-state index contributed by atoms with van der Waals surface area (Å²) in [5, 5.41) is 2.52. The Kier molecular flexibility index (Phi) is 6.48. The van der Waals surface area contributed by atoms with E-state index in [0.717, 1.165) is 0 Å². The number of nitrogens with two attached hydrogens (primary N) is 2. The molecule has 2 aromatic carbocycles. The Labute approximate surface area is 154 Å². The molecule has 0 saturated heterocycles. The summed E-state index contributed by atoms with van der Waals surface area (Å²) in [6.07, 6.45) is 0. The monoisotopic (exact) mass is 371 g/mol. The van der Waals surface area contributed by atoms with Crippen LogP contribution in [0.3, 0.4) is 0 Å². The molecule has 0 heterocycles. The molecular formula is C18H17N3O6. The van der Waals surface area contributed by atoms with Crippen LogP contribution in [0.15, 0.2) is 48.5 Å². The normalized spacial score (nSPS) is 9.93. The van der Waals surface area contributed by atoms with Gasteiger partial charge in [0.05, 0.1) is 5.56 Å². The lowest BCUT2D eigenvalue weighted by Gasteiger charge is -2.08. The van der Waals surface area contributed by atoms with Gasteiger partial charge in [0, 0.05) is 11.3 Å². The minimum absolute atomic E-state index is 0.208. The number of nitrogens with one attached hydrogen (secondary N) is 1. The van der Waals surface area contributed by atoms with Crippen LogP contribution in [0.2, 0.25) is 0 Å². The molecule has 5 N–H and O–H groups in total. The molecule has 2 aromatic rings. The highest BCUT2D eigenvalue weighted by Crippen LogP contribution is 2.13. The lowest BCUT2D eigenvalue weighted by Crippen LogP contribution is -2.21. The first-order chi connectivity index (χ1) is 12.8. The smallest absolute Gasteiger partial charge is 0.338 e. The summed E-state index contributed by atoms with van der Waals surface area (Å²) < 4.78 is 9.99. The van der Waals surface area contributed by atoms with E-state index in [2.05, 4.69) is 5.32 Å². The number of rotatable bonds is 8. The number of carbonyl (C=O) groups is 4. The predicted molar refractivity (Wildman–Crippen MR) is 95.0 cm³/mol. The van der Waals surface area contributed by atoms with Crippen LogP contribution in [0, 0.1) is 0 Å². The molecule has 3 amide bonds. The van der Waals surface area contributed by atoms with Gasteiger partial charge in [0.1, 0.15) is 5.75 Å². The van der Waals surface area contributed by atoms with Crippen LogP contribution < -0.4 is 21.5 Å². The van der Waals surface area contributed by atoms with Gasteiger partial charge in [0.2, 0.25) is 5.91 Å². The maximum Gasteiger partial charge on any atom is 0.338 e. The molecule has 2 rings (SSSR count). The van der Waals surface area contributed by atoms with Gasteiger partial charge < -0.3 is 26.3 Å². The maximum absolute atomic E-state index is 11.9. The van der Waals surface area contributed by atoms with E-state index < -0.39 is 30.3 Å². The average molecular weight is 371 g/mol. The van der Waals surface area contributed by atoms with E-state index in [1.165, 1.54) is 48.5 Å². The molecule has 0 unspecified atom stereocenters. The number of anilines is 1. The molecule has 0 aliphatic carbocycles. The third-order valence-corrected chi connectivity index (χ3v) is 3.26. The van der Waals surface area contributed by atoms with Crippen molar-refractivity contribution in [3.63, 3.8) is 0 Å². The topological polar surface area (TPSA) is 151 Å². The van der Waals surface area contributed by atoms with E-state index in [1.54, 1.807) is 0 Å². The Hall–Kier alpha value is -3.88. The Bertz CT molecular complexity index is 846. The highest BCUT2D eigenvalue weighted by molar-refractivity contribution is 5.96. The predicted octanol–water partition coefficient (Wildman–Crippen LogP) is 0.445. The molecule has 0 aromatic heterocycles. The van der Waals surface area contributed by atoms with Crippen LogP contribution in [0.1, 0.15) is 20.7 Å². The van der Waals surface area contributed by atoms with Gasteiger partial charge in [0.25, 0.3) is 11.8 Å². The van der Waals surface area contributed by atoms with Crippen molar-refractivity contribution in [2.45, 2.75) is 0 Å². The zero-order chi connectivity index (χ0) is 19.8. The van der Waals surface area contributed by atoms with E-state index in [4.69, 9.17) is 20.9 Å². The first kappa shape index (κ1) is 19.4. The molecule has 0 radical (unpaired) electrons. The van der Waals surface area contributed by atoms with Crippen molar-refractivity contribution < 1.29 is 28.7 Å². The van der Waals surface area contributed by atoms with Gasteiger partial charge in [-0.15, -0.1) is 0 Å². The van der Waals surface area contributed by atoms with Gasteiger partial charge in [-0.1, -0.05) is 0 Å². The molecule has 0 saturated carbocycles. The lowest BCUT2D eigenvalue weighted by atomic mass is 10.2. The molecule has 0 atom stereocenters. The second-order valence-electron chi connectivity index (χ2n) is 5.35. The molecule has 9 nitrogen and oxygen atoms in total. The minimum atomic E-state index is -0.698. The SMILES string of the molecule is NC(=O)COc1ccc(C(=O)OCC(=O)Nc2ccc(C(N)=O)cc2)cc1. The van der Waals surface area contributed by atoms with Gasteiger partial charge in [0.15, 0.2) is 13.2 Å². The number of esters is 1. The summed E-state index contributed by atoms with van der Waals surface area (Å²) >= 11 is 0. The van der Waals surface area contributed by atoms with Crippen LogP contribution in [-0.4, -0.2) is 36.9 Å². The van der Waals surface area contributed by atoms with Crippen molar-refractivity contribution in [3.05, 3.63) is 59.7 Å². The zero-order valence-electron chi connectivity index (χ0n) is 14.1. The summed E-state index contributed by atoms with van der Waals surface area (Å²) in [7, 11) is 0. The van der Waals surface area contributed by atoms with Crippen molar-refractivity contribution >= 4 is 29.4 Å². The van der Waals surface area contributed by atoms with Crippen molar-refractivity contribution in [2.75, 3.05) is 18.5 Å². The molecule has 140 valence electrons. The van der Waals surface area contributed by atoms with E-state index in [9.17, 15) is 19.2 Å². The Morgan fingerprint density at radius 1 is 0.815 bits per heavy atom. The van der Waals surface area contributed by atoms with Crippen LogP contribution in [0.25, 0.3) is 0 Å². The first-order valence-electron chi connectivity index (χ1n) is 7.73. The fourth-order valence-corrected chi connectivity index (χ4v) is 1.97. The number of primary amides is 2. The standard InChI is InChI=1S/C18H17N3O6/c19-15(22)9-26-14-7-3-12(4-8-14)18(25)27-10-16(23)21-13-5-1-11(2-6-13)17(20)24/h1-8H,9-10H2,(H2,19,22)(H2,20,24)(H,21,23). The molecule has 0 fully saturated rings. The average Bonchev–Trinajstić information content (AvgIpc) is 2.65. The Morgan fingerprint density at radius 2 is 1.41 bits per heavy atom. The van der Waals surface area contributed by atoms with Gasteiger partial charge in [-0.3, -0.25) is 14.4 Å². The maximum atomic E-state index is 11.9. The van der Waals surface area contributed by atoms with Crippen LogP contribution >= 0.6 is 0 Å². The molecule has 27 heavy (non-hydrogen) atoms. The van der Waals surface area contributed by atoms with E-state index in [1.807, 2.05) is 0 Å². The summed E-state index contributed by atoms with van der Waals surface area (Å²) in [5.74, 6) is -2.07. The third kappa shape index (κ3) is 6.16. The van der Waals surface area contributed by atoms with Gasteiger partial charge in [-0.2, -0.15) is 0 Å². The van der Waals surface area contributed by atoms with Crippen molar-refractivity contribution in [1.82, 2.24) is 0 Å². The number of amides is 3. The third-order valence-electron chi connectivity index (χ3n) is 3.26. The van der Waals surface area contributed by atoms with Crippen molar-refractivity contribution in [1.29, 1.82) is 0 Å².